The van der Waals surface area contributed by atoms with Crippen LogP contribution in [0.2, 0.25) is 0 Å². The van der Waals surface area contributed by atoms with Crippen molar-refractivity contribution >= 4 is 5.69 Å². The topological polar surface area (TPSA) is 61.2 Å². The van der Waals surface area contributed by atoms with Crippen molar-refractivity contribution in [1.29, 1.82) is 5.26 Å². The first-order chi connectivity index (χ1) is 10.5. The molecule has 0 bridgehead atoms. The molecule has 5 nitrogen and oxygen atoms in total. The van der Waals surface area contributed by atoms with E-state index in [1.165, 1.54) is 0 Å². The van der Waals surface area contributed by atoms with Crippen molar-refractivity contribution < 1.29 is 4.74 Å². The standard InChI is InChI=1S/C17H26N4O/c1-12(2)10-21-5-6-22-15(11-21)9-19-17-7-13(3)20-14(4)16(17)8-18/h7,12,15H,5-6,9-11H2,1-4H3,(H,19,20). The smallest absolute Gasteiger partial charge is 0.103 e. The van der Waals surface area contributed by atoms with Gasteiger partial charge in [-0.05, 0) is 25.8 Å². The molecule has 22 heavy (non-hydrogen) atoms. The van der Waals surface area contributed by atoms with Crippen molar-refractivity contribution in [3.63, 3.8) is 0 Å². The number of pyridine rings is 1. The van der Waals surface area contributed by atoms with Crippen LogP contribution >= 0.6 is 0 Å². The molecule has 0 radical (unpaired) electrons. The van der Waals surface area contributed by atoms with E-state index >= 15 is 0 Å². The van der Waals surface area contributed by atoms with E-state index in [1.807, 2.05) is 19.9 Å². The zero-order chi connectivity index (χ0) is 16.1. The van der Waals surface area contributed by atoms with Crippen LogP contribution in [0.5, 0.6) is 0 Å². The first-order valence-electron chi connectivity index (χ1n) is 7.95. The van der Waals surface area contributed by atoms with Gasteiger partial charge in [-0.15, -0.1) is 0 Å². The Labute approximate surface area is 133 Å². The van der Waals surface area contributed by atoms with Gasteiger partial charge in [0.2, 0.25) is 0 Å². The molecule has 0 saturated carbocycles. The van der Waals surface area contributed by atoms with Gasteiger partial charge in [-0.1, -0.05) is 13.8 Å². The average Bonchev–Trinajstić information content (AvgIpc) is 2.44. The Hall–Kier alpha value is -1.64. The quantitative estimate of drug-likeness (QED) is 0.904. The molecule has 1 aromatic rings. The highest BCUT2D eigenvalue weighted by Crippen LogP contribution is 2.19. The van der Waals surface area contributed by atoms with Crippen LogP contribution in [0.25, 0.3) is 0 Å². The average molecular weight is 302 g/mol. The molecule has 0 aromatic carbocycles. The van der Waals surface area contributed by atoms with Gasteiger partial charge in [0.15, 0.2) is 0 Å². The number of morpholine rings is 1. The second-order valence-corrected chi connectivity index (χ2v) is 6.41. The van der Waals surface area contributed by atoms with Crippen LogP contribution in [0.15, 0.2) is 6.07 Å². The van der Waals surface area contributed by atoms with Crippen LogP contribution in [0.3, 0.4) is 0 Å². The van der Waals surface area contributed by atoms with E-state index in [2.05, 4.69) is 35.1 Å². The van der Waals surface area contributed by atoms with Gasteiger partial charge in [0, 0.05) is 31.9 Å². The van der Waals surface area contributed by atoms with Crippen LogP contribution in [-0.4, -0.2) is 48.8 Å². The maximum Gasteiger partial charge on any atom is 0.103 e. The normalized spacial score (nSPS) is 19.2. The van der Waals surface area contributed by atoms with Crippen molar-refractivity contribution in [2.24, 2.45) is 5.92 Å². The van der Waals surface area contributed by atoms with E-state index in [4.69, 9.17) is 4.74 Å². The summed E-state index contributed by atoms with van der Waals surface area (Å²) < 4.78 is 5.84. The van der Waals surface area contributed by atoms with Gasteiger partial charge in [-0.2, -0.15) is 5.26 Å². The molecule has 2 heterocycles. The molecule has 1 saturated heterocycles. The molecule has 1 unspecified atom stereocenters. The van der Waals surface area contributed by atoms with Crippen molar-refractivity contribution in [2.75, 3.05) is 38.1 Å². The van der Waals surface area contributed by atoms with Crippen LogP contribution < -0.4 is 5.32 Å². The minimum absolute atomic E-state index is 0.160. The first-order valence-corrected chi connectivity index (χ1v) is 7.95. The van der Waals surface area contributed by atoms with E-state index < -0.39 is 0 Å². The second-order valence-electron chi connectivity index (χ2n) is 6.41. The molecule has 2 rings (SSSR count). The number of anilines is 1. The van der Waals surface area contributed by atoms with E-state index in [0.29, 0.717) is 18.0 Å². The number of hydrogen-bond donors (Lipinski definition) is 1. The number of nitrogens with zero attached hydrogens (tertiary/aromatic N) is 3. The number of aromatic nitrogens is 1. The Bertz CT molecular complexity index is 550. The lowest BCUT2D eigenvalue weighted by Gasteiger charge is -2.34. The monoisotopic (exact) mass is 302 g/mol. The molecule has 1 aliphatic heterocycles. The summed E-state index contributed by atoms with van der Waals surface area (Å²) in [5.74, 6) is 0.669. The summed E-state index contributed by atoms with van der Waals surface area (Å²) in [5, 5.41) is 12.7. The second kappa shape index (κ2) is 7.57. The third-order valence-electron chi connectivity index (χ3n) is 3.81. The van der Waals surface area contributed by atoms with Crippen molar-refractivity contribution in [3.05, 3.63) is 23.0 Å². The number of nitrogens with one attached hydrogen (secondary N) is 1. The highest BCUT2D eigenvalue weighted by atomic mass is 16.5. The molecule has 1 N–H and O–H groups in total. The number of nitriles is 1. The maximum atomic E-state index is 9.30. The molecular weight excluding hydrogens is 276 g/mol. The molecule has 0 amide bonds. The Morgan fingerprint density at radius 2 is 2.27 bits per heavy atom. The number of aryl methyl sites for hydroxylation is 2. The molecule has 1 atom stereocenters. The molecule has 1 aliphatic rings. The van der Waals surface area contributed by atoms with Crippen molar-refractivity contribution in [1.82, 2.24) is 9.88 Å². The van der Waals surface area contributed by atoms with Crippen LogP contribution in [0, 0.1) is 31.1 Å². The maximum absolute atomic E-state index is 9.30. The van der Waals surface area contributed by atoms with E-state index in [9.17, 15) is 5.26 Å². The third kappa shape index (κ3) is 4.43. The van der Waals surface area contributed by atoms with Crippen LogP contribution in [0.4, 0.5) is 5.69 Å². The van der Waals surface area contributed by atoms with E-state index in [1.54, 1.807) is 0 Å². The van der Waals surface area contributed by atoms with Crippen molar-refractivity contribution in [2.45, 2.75) is 33.8 Å². The SMILES string of the molecule is Cc1cc(NCC2CN(CC(C)C)CCO2)c(C#N)c(C)n1. The zero-order valence-corrected chi connectivity index (χ0v) is 14.0. The number of ether oxygens (including phenoxy) is 1. The molecule has 1 aromatic heterocycles. The molecule has 1 fully saturated rings. The summed E-state index contributed by atoms with van der Waals surface area (Å²) in [5.41, 5.74) is 3.18. The number of hydrogen-bond acceptors (Lipinski definition) is 5. The summed E-state index contributed by atoms with van der Waals surface area (Å²) in [6.45, 7) is 12.8. The van der Waals surface area contributed by atoms with Crippen molar-refractivity contribution in [3.8, 4) is 6.07 Å². The summed E-state index contributed by atoms with van der Waals surface area (Å²) in [7, 11) is 0. The van der Waals surface area contributed by atoms with Gasteiger partial charge in [0.1, 0.15) is 6.07 Å². The Kier molecular flexibility index (Phi) is 5.76. The van der Waals surface area contributed by atoms with Crippen LogP contribution in [0.1, 0.15) is 30.8 Å². The molecule has 0 spiro atoms. The largest absolute Gasteiger partial charge is 0.381 e. The highest BCUT2D eigenvalue weighted by Gasteiger charge is 2.21. The highest BCUT2D eigenvalue weighted by molar-refractivity contribution is 5.59. The Balaban J connectivity index is 1.97. The lowest BCUT2D eigenvalue weighted by molar-refractivity contribution is -0.0244. The Morgan fingerprint density at radius 3 is 2.95 bits per heavy atom. The zero-order valence-electron chi connectivity index (χ0n) is 14.0. The Morgan fingerprint density at radius 1 is 1.50 bits per heavy atom. The lowest BCUT2D eigenvalue weighted by Crippen LogP contribution is -2.46. The minimum atomic E-state index is 0.160. The summed E-state index contributed by atoms with van der Waals surface area (Å²) >= 11 is 0. The minimum Gasteiger partial charge on any atom is -0.381 e. The first kappa shape index (κ1) is 16.7. The lowest BCUT2D eigenvalue weighted by atomic mass is 10.1. The predicted octanol–water partition coefficient (Wildman–Crippen LogP) is 2.34. The van der Waals surface area contributed by atoms with Gasteiger partial charge < -0.3 is 10.1 Å². The van der Waals surface area contributed by atoms with E-state index in [0.717, 1.165) is 43.3 Å². The van der Waals surface area contributed by atoms with E-state index in [-0.39, 0.29) is 6.10 Å². The van der Waals surface area contributed by atoms with Gasteiger partial charge in [0.25, 0.3) is 0 Å². The summed E-state index contributed by atoms with van der Waals surface area (Å²) in [6, 6.07) is 4.17. The van der Waals surface area contributed by atoms with Gasteiger partial charge in [0.05, 0.1) is 29.7 Å². The fraction of sp³-hybridized carbons (Fsp3) is 0.647. The number of rotatable bonds is 5. The van der Waals surface area contributed by atoms with Gasteiger partial charge in [-0.3, -0.25) is 9.88 Å². The fourth-order valence-corrected chi connectivity index (χ4v) is 2.92. The molecule has 120 valence electrons. The molecule has 0 aliphatic carbocycles. The molecule has 5 heteroatoms. The van der Waals surface area contributed by atoms with Gasteiger partial charge in [-0.25, -0.2) is 0 Å². The summed E-state index contributed by atoms with van der Waals surface area (Å²) in [4.78, 5) is 6.80. The van der Waals surface area contributed by atoms with Crippen LogP contribution in [-0.2, 0) is 4.74 Å². The summed E-state index contributed by atoms with van der Waals surface area (Å²) in [6.07, 6.45) is 0.160. The fourth-order valence-electron chi connectivity index (χ4n) is 2.92. The van der Waals surface area contributed by atoms with Gasteiger partial charge >= 0.3 is 0 Å². The molecular formula is C17H26N4O. The predicted molar refractivity (Wildman–Crippen MR) is 87.9 cm³/mol. The third-order valence-corrected chi connectivity index (χ3v) is 3.81.